The number of rotatable bonds is 2. The van der Waals surface area contributed by atoms with Crippen LogP contribution in [0.2, 0.25) is 0 Å². The van der Waals surface area contributed by atoms with E-state index in [2.05, 4.69) is 5.32 Å². The quantitative estimate of drug-likeness (QED) is 0.811. The van der Waals surface area contributed by atoms with Crippen LogP contribution in [0.1, 0.15) is 31.1 Å². The summed E-state index contributed by atoms with van der Waals surface area (Å²) >= 11 is 0. The van der Waals surface area contributed by atoms with Crippen molar-refractivity contribution in [1.82, 2.24) is 5.32 Å². The van der Waals surface area contributed by atoms with E-state index in [1.807, 2.05) is 20.8 Å². The van der Waals surface area contributed by atoms with E-state index in [4.69, 9.17) is 0 Å². The van der Waals surface area contributed by atoms with Crippen molar-refractivity contribution in [1.29, 1.82) is 0 Å². The van der Waals surface area contributed by atoms with Gasteiger partial charge in [-0.05, 0) is 23.6 Å². The largest absolute Gasteiger partial charge is 0.507 e. The summed E-state index contributed by atoms with van der Waals surface area (Å²) < 4.78 is 12.9. The Morgan fingerprint density at radius 1 is 1.44 bits per heavy atom. The number of hydrogen-bond acceptors (Lipinski definition) is 2. The first kappa shape index (κ1) is 12.5. The Morgan fingerprint density at radius 2 is 2.06 bits per heavy atom. The summed E-state index contributed by atoms with van der Waals surface area (Å²) in [6.45, 7) is 6.37. The Kier molecular flexibility index (Phi) is 3.52. The van der Waals surface area contributed by atoms with E-state index in [0.717, 1.165) is 12.1 Å². The molecule has 0 atom stereocenters. The number of aromatic hydroxyl groups is 1. The molecule has 88 valence electrons. The van der Waals surface area contributed by atoms with Gasteiger partial charge in [-0.25, -0.2) is 4.39 Å². The van der Waals surface area contributed by atoms with Crippen molar-refractivity contribution in [3.8, 4) is 5.75 Å². The van der Waals surface area contributed by atoms with E-state index in [1.54, 1.807) is 0 Å². The van der Waals surface area contributed by atoms with Gasteiger partial charge < -0.3 is 10.4 Å². The minimum atomic E-state index is -0.543. The van der Waals surface area contributed by atoms with Crippen molar-refractivity contribution in [2.24, 2.45) is 5.41 Å². The first-order valence-corrected chi connectivity index (χ1v) is 5.06. The van der Waals surface area contributed by atoms with Crippen LogP contribution in [-0.2, 0) is 0 Å². The van der Waals surface area contributed by atoms with E-state index in [1.165, 1.54) is 6.07 Å². The van der Waals surface area contributed by atoms with Crippen LogP contribution in [0.3, 0.4) is 0 Å². The highest BCUT2D eigenvalue weighted by Gasteiger charge is 2.15. The van der Waals surface area contributed by atoms with Crippen LogP contribution in [0, 0.1) is 11.2 Å². The van der Waals surface area contributed by atoms with Crippen molar-refractivity contribution in [3.63, 3.8) is 0 Å². The number of carbonyl (C=O) groups is 1. The van der Waals surface area contributed by atoms with E-state index in [-0.39, 0.29) is 16.7 Å². The fourth-order valence-electron chi connectivity index (χ4n) is 1.13. The molecule has 1 amide bonds. The zero-order chi connectivity index (χ0) is 12.3. The molecule has 16 heavy (non-hydrogen) atoms. The Morgan fingerprint density at radius 3 is 2.62 bits per heavy atom. The molecule has 1 rings (SSSR count). The predicted molar refractivity (Wildman–Crippen MR) is 59.9 cm³/mol. The molecule has 1 aromatic rings. The second-order valence-corrected chi connectivity index (χ2v) is 4.90. The molecule has 0 saturated carbocycles. The van der Waals surface area contributed by atoms with E-state index in [9.17, 15) is 14.3 Å². The smallest absolute Gasteiger partial charge is 0.255 e. The summed E-state index contributed by atoms with van der Waals surface area (Å²) in [6.07, 6.45) is 0. The van der Waals surface area contributed by atoms with Crippen molar-refractivity contribution in [2.45, 2.75) is 20.8 Å². The Bertz CT molecular complexity index is 396. The zero-order valence-corrected chi connectivity index (χ0v) is 9.67. The lowest BCUT2D eigenvalue weighted by Crippen LogP contribution is -2.32. The minimum absolute atomic E-state index is 0.0377. The molecule has 0 heterocycles. The van der Waals surface area contributed by atoms with Crippen LogP contribution in [0.4, 0.5) is 4.39 Å². The Balaban J connectivity index is 2.77. The molecule has 0 saturated heterocycles. The Hall–Kier alpha value is -1.58. The molecule has 0 spiro atoms. The highest BCUT2D eigenvalue weighted by molar-refractivity contribution is 5.96. The van der Waals surface area contributed by atoms with E-state index in [0.29, 0.717) is 6.54 Å². The van der Waals surface area contributed by atoms with Crippen LogP contribution in [0.15, 0.2) is 18.2 Å². The summed E-state index contributed by atoms with van der Waals surface area (Å²) in [5.41, 5.74) is -0.0947. The lowest BCUT2D eigenvalue weighted by molar-refractivity contribution is 0.0936. The third-order valence-corrected chi connectivity index (χ3v) is 1.98. The van der Waals surface area contributed by atoms with Crippen molar-refractivity contribution < 1.29 is 14.3 Å². The standard InChI is InChI=1S/C12H16FNO2/c1-12(2,3)7-14-11(16)9-6-8(13)4-5-10(9)15/h4-6,15H,7H2,1-3H3,(H,14,16). The van der Waals surface area contributed by atoms with Gasteiger partial charge in [0.15, 0.2) is 0 Å². The molecule has 0 aliphatic carbocycles. The molecule has 0 aliphatic heterocycles. The van der Waals surface area contributed by atoms with Crippen LogP contribution >= 0.6 is 0 Å². The molecule has 0 radical (unpaired) electrons. The molecule has 0 unspecified atom stereocenters. The zero-order valence-electron chi connectivity index (χ0n) is 9.67. The predicted octanol–water partition coefficient (Wildman–Crippen LogP) is 2.31. The number of benzene rings is 1. The van der Waals surface area contributed by atoms with Gasteiger partial charge in [-0.3, -0.25) is 4.79 Å². The topological polar surface area (TPSA) is 49.3 Å². The molecule has 0 aromatic heterocycles. The van der Waals surface area contributed by atoms with Gasteiger partial charge >= 0.3 is 0 Å². The SMILES string of the molecule is CC(C)(C)CNC(=O)c1cc(F)ccc1O. The minimum Gasteiger partial charge on any atom is -0.507 e. The van der Waals surface area contributed by atoms with Crippen molar-refractivity contribution in [2.75, 3.05) is 6.54 Å². The monoisotopic (exact) mass is 225 g/mol. The number of amides is 1. The second kappa shape index (κ2) is 4.51. The van der Waals surface area contributed by atoms with E-state index < -0.39 is 11.7 Å². The van der Waals surface area contributed by atoms with Crippen molar-refractivity contribution >= 4 is 5.91 Å². The number of phenolic OH excluding ortho intramolecular Hbond substituents is 1. The van der Waals surface area contributed by atoms with Gasteiger partial charge in [-0.15, -0.1) is 0 Å². The average molecular weight is 225 g/mol. The molecule has 1 aromatic carbocycles. The third kappa shape index (κ3) is 3.53. The lowest BCUT2D eigenvalue weighted by Gasteiger charge is -2.18. The summed E-state index contributed by atoms with van der Waals surface area (Å²) in [7, 11) is 0. The number of carbonyl (C=O) groups excluding carboxylic acids is 1. The highest BCUT2D eigenvalue weighted by atomic mass is 19.1. The highest BCUT2D eigenvalue weighted by Crippen LogP contribution is 2.18. The van der Waals surface area contributed by atoms with Gasteiger partial charge in [-0.2, -0.15) is 0 Å². The maximum Gasteiger partial charge on any atom is 0.255 e. The molecule has 4 heteroatoms. The number of halogens is 1. The van der Waals surface area contributed by atoms with Gasteiger partial charge in [0.05, 0.1) is 5.56 Å². The normalized spacial score (nSPS) is 11.2. The lowest BCUT2D eigenvalue weighted by atomic mass is 9.97. The number of hydrogen-bond donors (Lipinski definition) is 2. The number of nitrogens with one attached hydrogen (secondary N) is 1. The maximum atomic E-state index is 12.9. The molecule has 2 N–H and O–H groups in total. The summed E-state index contributed by atoms with van der Waals surface area (Å²) in [4.78, 5) is 11.6. The maximum absolute atomic E-state index is 12.9. The van der Waals surface area contributed by atoms with Crippen molar-refractivity contribution in [3.05, 3.63) is 29.6 Å². The molecule has 0 aliphatic rings. The Labute approximate surface area is 94.3 Å². The molecule has 3 nitrogen and oxygen atoms in total. The fourth-order valence-corrected chi connectivity index (χ4v) is 1.13. The third-order valence-electron chi connectivity index (χ3n) is 1.98. The van der Waals surface area contributed by atoms with Gasteiger partial charge in [0, 0.05) is 6.54 Å². The second-order valence-electron chi connectivity index (χ2n) is 4.90. The molecule has 0 bridgehead atoms. The summed E-state index contributed by atoms with van der Waals surface area (Å²) in [5.74, 6) is -1.22. The van der Waals surface area contributed by atoms with Crippen LogP contribution in [0.5, 0.6) is 5.75 Å². The molecule has 0 fully saturated rings. The van der Waals surface area contributed by atoms with E-state index >= 15 is 0 Å². The fraction of sp³-hybridized carbons (Fsp3) is 0.417. The summed E-state index contributed by atoms with van der Waals surface area (Å²) in [6, 6.07) is 3.30. The van der Waals surface area contributed by atoms with Crippen LogP contribution in [-0.4, -0.2) is 17.6 Å². The molecular formula is C12H16FNO2. The summed E-state index contributed by atoms with van der Waals surface area (Å²) in [5, 5.41) is 12.0. The number of phenols is 1. The van der Waals surface area contributed by atoms with Gasteiger partial charge in [-0.1, -0.05) is 20.8 Å². The average Bonchev–Trinajstić information content (AvgIpc) is 2.17. The molecular weight excluding hydrogens is 209 g/mol. The van der Waals surface area contributed by atoms with Gasteiger partial charge in [0.2, 0.25) is 0 Å². The van der Waals surface area contributed by atoms with Crippen LogP contribution in [0.25, 0.3) is 0 Å². The first-order chi connectivity index (χ1) is 7.29. The van der Waals surface area contributed by atoms with Gasteiger partial charge in [0.1, 0.15) is 11.6 Å². The van der Waals surface area contributed by atoms with Gasteiger partial charge in [0.25, 0.3) is 5.91 Å². The van der Waals surface area contributed by atoms with Crippen LogP contribution < -0.4 is 5.32 Å². The first-order valence-electron chi connectivity index (χ1n) is 5.06.